The van der Waals surface area contributed by atoms with Crippen molar-refractivity contribution in [3.63, 3.8) is 0 Å². The molecule has 8 heteroatoms. The molecule has 0 radical (unpaired) electrons. The number of aryl methyl sites for hydroxylation is 1. The molecule has 0 aliphatic heterocycles. The third-order valence-corrected chi connectivity index (χ3v) is 4.79. The van der Waals surface area contributed by atoms with Crippen molar-refractivity contribution < 1.29 is 28.6 Å². The molecule has 3 rings (SSSR count). The van der Waals surface area contributed by atoms with Crippen LogP contribution in [0.4, 0.5) is 11.4 Å². The Bertz CT molecular complexity index is 1140. The normalized spacial score (nSPS) is 11.1. The van der Waals surface area contributed by atoms with E-state index in [1.807, 2.05) is 19.1 Å². The minimum absolute atomic E-state index is 0.211. The standard InChI is InChI=1S/C26H26N2O6/c1-17-7-11-20(12-8-17)28-25(30)18(2)34-26(31)19-9-13-22(14-10-19)33-16-24(29)27-21-5-4-6-23(15-21)32-3/h4-15,18H,16H2,1-3H3,(H,27,29)(H,28,30). The Morgan fingerprint density at radius 1 is 0.853 bits per heavy atom. The van der Waals surface area contributed by atoms with Gasteiger partial charge < -0.3 is 24.8 Å². The zero-order chi connectivity index (χ0) is 24.5. The molecule has 0 spiro atoms. The van der Waals surface area contributed by atoms with Gasteiger partial charge in [0.15, 0.2) is 12.7 Å². The lowest BCUT2D eigenvalue weighted by molar-refractivity contribution is -0.123. The van der Waals surface area contributed by atoms with E-state index in [4.69, 9.17) is 14.2 Å². The van der Waals surface area contributed by atoms with Gasteiger partial charge in [0, 0.05) is 17.4 Å². The molecule has 0 saturated heterocycles. The monoisotopic (exact) mass is 462 g/mol. The van der Waals surface area contributed by atoms with E-state index in [-0.39, 0.29) is 18.1 Å². The Morgan fingerprint density at radius 2 is 1.56 bits per heavy atom. The fourth-order valence-corrected chi connectivity index (χ4v) is 2.90. The van der Waals surface area contributed by atoms with Crippen LogP contribution in [0.5, 0.6) is 11.5 Å². The molecule has 8 nitrogen and oxygen atoms in total. The fourth-order valence-electron chi connectivity index (χ4n) is 2.90. The summed E-state index contributed by atoms with van der Waals surface area (Å²) < 4.78 is 15.8. The number of carbonyl (C=O) groups is 3. The predicted octanol–water partition coefficient (Wildman–Crippen LogP) is 4.21. The molecule has 0 aromatic heterocycles. The van der Waals surface area contributed by atoms with Crippen molar-refractivity contribution in [1.82, 2.24) is 0 Å². The number of hydrogen-bond acceptors (Lipinski definition) is 6. The lowest BCUT2D eigenvalue weighted by Gasteiger charge is -2.14. The van der Waals surface area contributed by atoms with Crippen LogP contribution in [0.25, 0.3) is 0 Å². The van der Waals surface area contributed by atoms with E-state index in [9.17, 15) is 14.4 Å². The number of rotatable bonds is 9. The predicted molar refractivity (Wildman–Crippen MR) is 128 cm³/mol. The van der Waals surface area contributed by atoms with Gasteiger partial charge in [0.05, 0.1) is 12.7 Å². The summed E-state index contributed by atoms with van der Waals surface area (Å²) >= 11 is 0. The first-order valence-corrected chi connectivity index (χ1v) is 10.6. The van der Waals surface area contributed by atoms with E-state index in [0.717, 1.165) is 5.56 Å². The van der Waals surface area contributed by atoms with Gasteiger partial charge in [-0.3, -0.25) is 9.59 Å². The van der Waals surface area contributed by atoms with Crippen molar-refractivity contribution in [2.75, 3.05) is 24.4 Å². The zero-order valence-electron chi connectivity index (χ0n) is 19.2. The first kappa shape index (κ1) is 24.3. The maximum absolute atomic E-state index is 12.4. The van der Waals surface area contributed by atoms with Gasteiger partial charge in [0.1, 0.15) is 11.5 Å². The van der Waals surface area contributed by atoms with Gasteiger partial charge in [0.25, 0.3) is 11.8 Å². The number of anilines is 2. The second-order valence-electron chi connectivity index (χ2n) is 7.50. The number of carbonyl (C=O) groups excluding carboxylic acids is 3. The topological polar surface area (TPSA) is 103 Å². The van der Waals surface area contributed by atoms with Gasteiger partial charge in [-0.15, -0.1) is 0 Å². The molecular weight excluding hydrogens is 436 g/mol. The first-order valence-electron chi connectivity index (χ1n) is 10.6. The van der Waals surface area contributed by atoms with Crippen LogP contribution in [0.3, 0.4) is 0 Å². The van der Waals surface area contributed by atoms with Gasteiger partial charge >= 0.3 is 5.97 Å². The summed E-state index contributed by atoms with van der Waals surface area (Å²) in [5.74, 6) is -0.385. The summed E-state index contributed by atoms with van der Waals surface area (Å²) in [5.41, 5.74) is 2.53. The zero-order valence-corrected chi connectivity index (χ0v) is 19.2. The molecule has 0 heterocycles. The molecule has 2 amide bonds. The highest BCUT2D eigenvalue weighted by atomic mass is 16.5. The van der Waals surface area contributed by atoms with Crippen molar-refractivity contribution in [3.05, 3.63) is 83.9 Å². The van der Waals surface area contributed by atoms with Crippen LogP contribution >= 0.6 is 0 Å². The van der Waals surface area contributed by atoms with Crippen molar-refractivity contribution in [3.8, 4) is 11.5 Å². The van der Waals surface area contributed by atoms with E-state index in [0.29, 0.717) is 22.9 Å². The number of benzene rings is 3. The summed E-state index contributed by atoms with van der Waals surface area (Å²) in [6.45, 7) is 3.24. The largest absolute Gasteiger partial charge is 0.497 e. The molecule has 0 aliphatic rings. The van der Waals surface area contributed by atoms with E-state index in [1.165, 1.54) is 19.1 Å². The third-order valence-electron chi connectivity index (χ3n) is 4.79. The third kappa shape index (κ3) is 7.09. The Kier molecular flexibility index (Phi) is 8.23. The van der Waals surface area contributed by atoms with Gasteiger partial charge in [-0.05, 0) is 62.4 Å². The van der Waals surface area contributed by atoms with Crippen LogP contribution in [0.15, 0.2) is 72.8 Å². The van der Waals surface area contributed by atoms with Crippen LogP contribution in [0.2, 0.25) is 0 Å². The highest BCUT2D eigenvalue weighted by Crippen LogP contribution is 2.17. The van der Waals surface area contributed by atoms with Crippen molar-refractivity contribution in [2.45, 2.75) is 20.0 Å². The summed E-state index contributed by atoms with van der Waals surface area (Å²) in [6.07, 6.45) is -0.981. The highest BCUT2D eigenvalue weighted by molar-refractivity contribution is 5.97. The molecule has 3 aromatic rings. The molecule has 0 saturated carbocycles. The second-order valence-corrected chi connectivity index (χ2v) is 7.50. The highest BCUT2D eigenvalue weighted by Gasteiger charge is 2.19. The van der Waals surface area contributed by atoms with Crippen LogP contribution < -0.4 is 20.1 Å². The van der Waals surface area contributed by atoms with Crippen LogP contribution in [0, 0.1) is 6.92 Å². The Morgan fingerprint density at radius 3 is 2.24 bits per heavy atom. The molecule has 34 heavy (non-hydrogen) atoms. The molecule has 1 atom stereocenters. The number of amides is 2. The van der Waals surface area contributed by atoms with E-state index >= 15 is 0 Å². The van der Waals surface area contributed by atoms with Crippen LogP contribution in [-0.2, 0) is 14.3 Å². The van der Waals surface area contributed by atoms with Gasteiger partial charge in [0.2, 0.25) is 0 Å². The number of esters is 1. The maximum Gasteiger partial charge on any atom is 0.338 e. The van der Waals surface area contributed by atoms with Crippen LogP contribution in [0.1, 0.15) is 22.8 Å². The first-order chi connectivity index (χ1) is 16.3. The molecule has 1 unspecified atom stereocenters. The SMILES string of the molecule is COc1cccc(NC(=O)COc2ccc(C(=O)OC(C)C(=O)Nc3ccc(C)cc3)cc2)c1. The Balaban J connectivity index is 1.47. The molecule has 0 bridgehead atoms. The summed E-state index contributed by atoms with van der Waals surface area (Å²) in [5, 5.41) is 5.42. The van der Waals surface area contributed by atoms with Gasteiger partial charge in [-0.1, -0.05) is 23.8 Å². The molecule has 0 aliphatic carbocycles. The smallest absolute Gasteiger partial charge is 0.338 e. The van der Waals surface area contributed by atoms with Crippen molar-refractivity contribution in [2.24, 2.45) is 0 Å². The molecule has 3 aromatic carbocycles. The quantitative estimate of drug-likeness (QED) is 0.462. The van der Waals surface area contributed by atoms with Crippen molar-refractivity contribution >= 4 is 29.2 Å². The lowest BCUT2D eigenvalue weighted by Crippen LogP contribution is -2.30. The summed E-state index contributed by atoms with van der Waals surface area (Å²) in [6, 6.07) is 20.4. The Labute approximate surface area is 197 Å². The lowest BCUT2D eigenvalue weighted by atomic mass is 10.2. The number of hydrogen-bond donors (Lipinski definition) is 2. The minimum Gasteiger partial charge on any atom is -0.497 e. The molecule has 2 N–H and O–H groups in total. The average molecular weight is 463 g/mol. The maximum atomic E-state index is 12.4. The van der Waals surface area contributed by atoms with Crippen LogP contribution in [-0.4, -0.2) is 37.6 Å². The number of nitrogens with one attached hydrogen (secondary N) is 2. The molecular formula is C26H26N2O6. The molecule has 0 fully saturated rings. The summed E-state index contributed by atoms with van der Waals surface area (Å²) in [7, 11) is 1.55. The minimum atomic E-state index is -0.981. The second kappa shape index (κ2) is 11.5. The van der Waals surface area contributed by atoms with E-state index in [2.05, 4.69) is 10.6 Å². The van der Waals surface area contributed by atoms with Gasteiger partial charge in [-0.25, -0.2) is 4.79 Å². The molecule has 176 valence electrons. The van der Waals surface area contributed by atoms with Gasteiger partial charge in [-0.2, -0.15) is 0 Å². The average Bonchev–Trinajstić information content (AvgIpc) is 2.84. The fraction of sp³-hybridized carbons (Fsp3) is 0.192. The number of methoxy groups -OCH3 is 1. The number of ether oxygens (including phenoxy) is 3. The van der Waals surface area contributed by atoms with E-state index < -0.39 is 18.0 Å². The summed E-state index contributed by atoms with van der Waals surface area (Å²) in [4.78, 5) is 36.8. The van der Waals surface area contributed by atoms with Crippen molar-refractivity contribution in [1.29, 1.82) is 0 Å². The van der Waals surface area contributed by atoms with E-state index in [1.54, 1.807) is 55.6 Å². The Hall–Kier alpha value is -4.33.